The summed E-state index contributed by atoms with van der Waals surface area (Å²) in [6.07, 6.45) is 1.54. The number of ether oxygens (including phenoxy) is 1. The predicted octanol–water partition coefficient (Wildman–Crippen LogP) is 0.764. The van der Waals surface area contributed by atoms with E-state index in [0.717, 1.165) is 13.1 Å². The van der Waals surface area contributed by atoms with Gasteiger partial charge in [-0.2, -0.15) is 5.10 Å². The first-order chi connectivity index (χ1) is 7.77. The second-order valence-corrected chi connectivity index (χ2v) is 3.53. The van der Waals surface area contributed by atoms with Crippen LogP contribution < -0.4 is 0 Å². The van der Waals surface area contributed by atoms with Crippen molar-refractivity contribution in [1.82, 2.24) is 5.01 Å². The number of hydrazone groups is 1. The summed E-state index contributed by atoms with van der Waals surface area (Å²) in [6.45, 7) is 2.83. The first-order valence-electron chi connectivity index (χ1n) is 5.15. The quantitative estimate of drug-likeness (QED) is 0.573. The van der Waals surface area contributed by atoms with Crippen LogP contribution in [0.4, 0.5) is 0 Å². The normalized spacial score (nSPS) is 16.9. The molecule has 16 heavy (non-hydrogen) atoms. The van der Waals surface area contributed by atoms with Gasteiger partial charge in [0.05, 0.1) is 32.5 Å². The SMILES string of the molecule is Oc1cccc(/C=N\N2CCOCC2)c1O. The van der Waals surface area contributed by atoms with Crippen molar-refractivity contribution < 1.29 is 14.9 Å². The summed E-state index contributed by atoms with van der Waals surface area (Å²) in [5.74, 6) is -0.273. The van der Waals surface area contributed by atoms with Gasteiger partial charge in [-0.25, -0.2) is 0 Å². The third kappa shape index (κ3) is 2.43. The summed E-state index contributed by atoms with van der Waals surface area (Å²) in [4.78, 5) is 0. The van der Waals surface area contributed by atoms with E-state index >= 15 is 0 Å². The lowest BCUT2D eigenvalue weighted by Gasteiger charge is -2.23. The third-order valence-electron chi connectivity index (χ3n) is 2.39. The molecule has 2 N–H and O–H groups in total. The first-order valence-corrected chi connectivity index (χ1v) is 5.15. The summed E-state index contributed by atoms with van der Waals surface area (Å²) < 4.78 is 5.19. The molecule has 1 heterocycles. The van der Waals surface area contributed by atoms with Crippen molar-refractivity contribution in [2.45, 2.75) is 0 Å². The molecule has 0 bridgehead atoms. The molecule has 0 unspecified atom stereocenters. The molecule has 1 aliphatic heterocycles. The molecule has 5 heteroatoms. The molecule has 1 aromatic carbocycles. The van der Waals surface area contributed by atoms with Crippen LogP contribution in [-0.2, 0) is 4.74 Å². The smallest absolute Gasteiger partial charge is 0.166 e. The average molecular weight is 222 g/mol. The molecule has 0 atom stereocenters. The fourth-order valence-electron chi connectivity index (χ4n) is 1.47. The number of para-hydroxylation sites is 1. The summed E-state index contributed by atoms with van der Waals surface area (Å²) in [6, 6.07) is 4.79. The number of morpholine rings is 1. The molecule has 1 fully saturated rings. The van der Waals surface area contributed by atoms with E-state index in [2.05, 4.69) is 5.10 Å². The van der Waals surface area contributed by atoms with Crippen LogP contribution in [-0.4, -0.2) is 47.7 Å². The largest absolute Gasteiger partial charge is 0.504 e. The highest BCUT2D eigenvalue weighted by Crippen LogP contribution is 2.26. The van der Waals surface area contributed by atoms with E-state index in [9.17, 15) is 10.2 Å². The molecule has 0 amide bonds. The molecule has 2 rings (SSSR count). The Bertz CT molecular complexity index is 387. The maximum atomic E-state index is 9.54. The van der Waals surface area contributed by atoms with Crippen molar-refractivity contribution in [3.05, 3.63) is 23.8 Å². The Kier molecular flexibility index (Phi) is 3.26. The topological polar surface area (TPSA) is 65.3 Å². The van der Waals surface area contributed by atoms with Crippen LogP contribution in [0.15, 0.2) is 23.3 Å². The average Bonchev–Trinajstić information content (AvgIpc) is 2.32. The van der Waals surface area contributed by atoms with Gasteiger partial charge in [-0.1, -0.05) is 6.07 Å². The van der Waals surface area contributed by atoms with Crippen molar-refractivity contribution in [3.8, 4) is 11.5 Å². The minimum Gasteiger partial charge on any atom is -0.504 e. The molecule has 0 aliphatic carbocycles. The van der Waals surface area contributed by atoms with Gasteiger partial charge in [0.2, 0.25) is 0 Å². The van der Waals surface area contributed by atoms with Crippen LogP contribution in [0.25, 0.3) is 0 Å². The molecule has 0 aromatic heterocycles. The summed E-state index contributed by atoms with van der Waals surface area (Å²) in [5.41, 5.74) is 0.506. The lowest BCUT2D eigenvalue weighted by Crippen LogP contribution is -2.32. The maximum absolute atomic E-state index is 9.54. The molecule has 86 valence electrons. The fourth-order valence-corrected chi connectivity index (χ4v) is 1.47. The number of hydrogen-bond acceptors (Lipinski definition) is 5. The van der Waals surface area contributed by atoms with Crippen LogP contribution >= 0.6 is 0 Å². The Balaban J connectivity index is 2.07. The van der Waals surface area contributed by atoms with Crippen LogP contribution in [0.5, 0.6) is 11.5 Å². The summed E-state index contributed by atoms with van der Waals surface area (Å²) >= 11 is 0. The van der Waals surface area contributed by atoms with E-state index in [0.29, 0.717) is 18.8 Å². The number of phenols is 2. The van der Waals surface area contributed by atoms with Crippen molar-refractivity contribution >= 4 is 6.21 Å². The van der Waals surface area contributed by atoms with E-state index in [1.54, 1.807) is 18.3 Å². The van der Waals surface area contributed by atoms with Crippen LogP contribution in [0.1, 0.15) is 5.56 Å². The number of phenolic OH excluding ortho intramolecular Hbond substituents is 2. The van der Waals surface area contributed by atoms with Crippen LogP contribution in [0, 0.1) is 0 Å². The molecule has 0 radical (unpaired) electrons. The zero-order valence-corrected chi connectivity index (χ0v) is 8.83. The van der Waals surface area contributed by atoms with Crippen molar-refractivity contribution in [2.75, 3.05) is 26.3 Å². The number of rotatable bonds is 2. The second kappa shape index (κ2) is 4.85. The van der Waals surface area contributed by atoms with Crippen LogP contribution in [0.2, 0.25) is 0 Å². The number of hydrogen-bond donors (Lipinski definition) is 2. The van der Waals surface area contributed by atoms with E-state index in [-0.39, 0.29) is 11.5 Å². The predicted molar refractivity (Wildman–Crippen MR) is 59.8 cm³/mol. The molecule has 5 nitrogen and oxygen atoms in total. The first kappa shape index (κ1) is 10.8. The van der Waals surface area contributed by atoms with Gasteiger partial charge in [-0.3, -0.25) is 5.01 Å². The van der Waals surface area contributed by atoms with Crippen molar-refractivity contribution in [1.29, 1.82) is 0 Å². The lowest BCUT2D eigenvalue weighted by atomic mass is 10.2. The van der Waals surface area contributed by atoms with Gasteiger partial charge in [0, 0.05) is 5.56 Å². The van der Waals surface area contributed by atoms with E-state index in [4.69, 9.17) is 4.74 Å². The zero-order chi connectivity index (χ0) is 11.4. The van der Waals surface area contributed by atoms with E-state index < -0.39 is 0 Å². The summed E-state index contributed by atoms with van der Waals surface area (Å²) in [5, 5.41) is 24.9. The highest BCUT2D eigenvalue weighted by molar-refractivity contribution is 5.84. The molecule has 1 saturated heterocycles. The van der Waals surface area contributed by atoms with E-state index in [1.165, 1.54) is 6.07 Å². The summed E-state index contributed by atoms with van der Waals surface area (Å²) in [7, 11) is 0. The lowest BCUT2D eigenvalue weighted by molar-refractivity contribution is 0.0397. The van der Waals surface area contributed by atoms with Gasteiger partial charge in [0.25, 0.3) is 0 Å². The number of aromatic hydroxyl groups is 2. The van der Waals surface area contributed by atoms with Gasteiger partial charge in [0.1, 0.15) is 0 Å². The van der Waals surface area contributed by atoms with Crippen LogP contribution in [0.3, 0.4) is 0 Å². The third-order valence-corrected chi connectivity index (χ3v) is 2.39. The molecule has 1 aromatic rings. The second-order valence-electron chi connectivity index (χ2n) is 3.53. The molecular formula is C11H14N2O3. The standard InChI is InChI=1S/C11H14N2O3/c14-10-3-1-2-9(11(10)15)8-12-13-4-6-16-7-5-13/h1-3,8,14-15H,4-7H2/b12-8-. The minimum atomic E-state index is -0.139. The maximum Gasteiger partial charge on any atom is 0.166 e. The zero-order valence-electron chi connectivity index (χ0n) is 8.83. The Morgan fingerprint density at radius 3 is 2.75 bits per heavy atom. The van der Waals surface area contributed by atoms with E-state index in [1.807, 2.05) is 5.01 Å². The fraction of sp³-hybridized carbons (Fsp3) is 0.364. The Morgan fingerprint density at radius 1 is 1.25 bits per heavy atom. The Labute approximate surface area is 93.6 Å². The number of nitrogens with zero attached hydrogens (tertiary/aromatic N) is 2. The van der Waals surface area contributed by atoms with Crippen molar-refractivity contribution in [3.63, 3.8) is 0 Å². The van der Waals surface area contributed by atoms with Gasteiger partial charge in [-0.15, -0.1) is 0 Å². The molecule has 1 aliphatic rings. The Morgan fingerprint density at radius 2 is 2.00 bits per heavy atom. The molecule has 0 spiro atoms. The highest BCUT2D eigenvalue weighted by atomic mass is 16.5. The molecule has 0 saturated carbocycles. The molecular weight excluding hydrogens is 208 g/mol. The number of benzene rings is 1. The Hall–Kier alpha value is -1.75. The van der Waals surface area contributed by atoms with Gasteiger partial charge < -0.3 is 14.9 Å². The van der Waals surface area contributed by atoms with Gasteiger partial charge >= 0.3 is 0 Å². The monoisotopic (exact) mass is 222 g/mol. The van der Waals surface area contributed by atoms with Gasteiger partial charge in [0.15, 0.2) is 11.5 Å². The van der Waals surface area contributed by atoms with Gasteiger partial charge in [-0.05, 0) is 12.1 Å². The van der Waals surface area contributed by atoms with Crippen molar-refractivity contribution in [2.24, 2.45) is 5.10 Å². The highest BCUT2D eigenvalue weighted by Gasteiger charge is 2.07. The minimum absolute atomic E-state index is 0.133.